The van der Waals surface area contributed by atoms with Gasteiger partial charge in [0.05, 0.1) is 0 Å². The van der Waals surface area contributed by atoms with E-state index in [-0.39, 0.29) is 5.41 Å². The maximum absolute atomic E-state index is 2.39. The van der Waals surface area contributed by atoms with Gasteiger partial charge in [-0.1, -0.05) is 68.5 Å². The van der Waals surface area contributed by atoms with Crippen LogP contribution in [0.1, 0.15) is 30.5 Å². The normalized spacial score (nSPS) is 27.8. The third kappa shape index (κ3) is 1.06. The molecule has 0 spiro atoms. The summed E-state index contributed by atoms with van der Waals surface area (Å²) in [5.41, 5.74) is 4.43. The van der Waals surface area contributed by atoms with Crippen LogP contribution in [0, 0.1) is 5.92 Å². The van der Waals surface area contributed by atoms with Gasteiger partial charge in [0.2, 0.25) is 0 Å². The van der Waals surface area contributed by atoms with Gasteiger partial charge in [-0.2, -0.15) is 0 Å². The molecule has 0 N–H and O–H groups in total. The number of rotatable bonds is 0. The van der Waals surface area contributed by atoms with Gasteiger partial charge in [0.25, 0.3) is 0 Å². The fourth-order valence-corrected chi connectivity index (χ4v) is 3.46. The molecule has 0 fully saturated rings. The van der Waals surface area contributed by atoms with E-state index in [1.54, 1.807) is 0 Å². The van der Waals surface area contributed by atoms with Crippen LogP contribution < -0.4 is 0 Å². The van der Waals surface area contributed by atoms with E-state index in [1.165, 1.54) is 27.5 Å². The molecule has 18 heavy (non-hydrogen) atoms. The minimum absolute atomic E-state index is 0.151. The van der Waals surface area contributed by atoms with Crippen molar-refractivity contribution < 1.29 is 0 Å². The molecule has 2 aliphatic rings. The number of allylic oxidation sites excluding steroid dienone is 2. The zero-order chi connectivity index (χ0) is 12.3. The third-order valence-electron chi connectivity index (χ3n) is 4.77. The fourth-order valence-electron chi connectivity index (χ4n) is 3.46. The average molecular weight is 232 g/mol. The summed E-state index contributed by atoms with van der Waals surface area (Å²) in [4.78, 5) is 0. The second kappa shape index (κ2) is 3.14. The van der Waals surface area contributed by atoms with Gasteiger partial charge < -0.3 is 0 Å². The van der Waals surface area contributed by atoms with Crippen LogP contribution >= 0.6 is 0 Å². The van der Waals surface area contributed by atoms with Crippen molar-refractivity contribution in [3.63, 3.8) is 0 Å². The summed E-state index contributed by atoms with van der Waals surface area (Å²) >= 11 is 0. The van der Waals surface area contributed by atoms with Crippen molar-refractivity contribution in [2.75, 3.05) is 0 Å². The highest BCUT2D eigenvalue weighted by Crippen LogP contribution is 2.47. The predicted octanol–water partition coefficient (Wildman–Crippen LogP) is 4.79. The fraction of sp³-hybridized carbons (Fsp3) is 0.222. The summed E-state index contributed by atoms with van der Waals surface area (Å²) in [6, 6.07) is 11.1. The topological polar surface area (TPSA) is 0 Å². The van der Waals surface area contributed by atoms with Crippen molar-refractivity contribution in [1.29, 1.82) is 0 Å². The first kappa shape index (κ1) is 10.1. The Bertz CT molecular complexity index is 718. The van der Waals surface area contributed by atoms with Crippen LogP contribution in [0.5, 0.6) is 0 Å². The number of hydrogen-bond donors (Lipinski definition) is 0. The summed E-state index contributed by atoms with van der Waals surface area (Å²) < 4.78 is 0. The van der Waals surface area contributed by atoms with Gasteiger partial charge in [0.1, 0.15) is 0 Å². The van der Waals surface area contributed by atoms with Crippen molar-refractivity contribution in [3.8, 4) is 0 Å². The monoisotopic (exact) mass is 232 g/mol. The van der Waals surface area contributed by atoms with Gasteiger partial charge in [-0.25, -0.2) is 0 Å². The Kier molecular flexibility index (Phi) is 1.77. The van der Waals surface area contributed by atoms with Crippen molar-refractivity contribution in [3.05, 3.63) is 59.2 Å². The molecule has 2 aromatic carbocycles. The minimum Gasteiger partial charge on any atom is -0.0799 e. The molecule has 2 aliphatic carbocycles. The lowest BCUT2D eigenvalue weighted by Crippen LogP contribution is -2.31. The summed E-state index contributed by atoms with van der Waals surface area (Å²) in [6.45, 7) is 4.68. The SMILES string of the molecule is C[C@H]1C=Cc2ccc3cccc4c3c2[C@@]1(C)C=C4. The minimum atomic E-state index is 0.151. The van der Waals surface area contributed by atoms with Crippen molar-refractivity contribution in [2.24, 2.45) is 5.92 Å². The Morgan fingerprint density at radius 3 is 2.78 bits per heavy atom. The molecule has 2 aromatic rings. The highest BCUT2D eigenvalue weighted by molar-refractivity contribution is 5.99. The number of benzene rings is 2. The number of hydrogen-bond acceptors (Lipinski definition) is 0. The largest absolute Gasteiger partial charge is 0.0799 e. The Hall–Kier alpha value is -1.82. The van der Waals surface area contributed by atoms with E-state index in [9.17, 15) is 0 Å². The zero-order valence-electron chi connectivity index (χ0n) is 10.8. The molecule has 0 nitrogen and oxygen atoms in total. The van der Waals surface area contributed by atoms with Gasteiger partial charge in [-0.05, 0) is 33.4 Å². The molecule has 0 aromatic heterocycles. The standard InChI is InChI=1S/C18H16/c1-12-6-7-15-9-8-13-4-3-5-14-10-11-18(12,2)17(15)16(13)14/h3-12H,1-2H3/t12-,18-/m0/s1. The van der Waals surface area contributed by atoms with Crippen LogP contribution in [0.15, 0.2) is 42.5 Å². The second-order valence-corrected chi connectivity index (χ2v) is 5.74. The highest BCUT2D eigenvalue weighted by atomic mass is 14.4. The van der Waals surface area contributed by atoms with Crippen LogP contribution in [-0.2, 0) is 5.41 Å². The van der Waals surface area contributed by atoms with Gasteiger partial charge in [-0.15, -0.1) is 0 Å². The van der Waals surface area contributed by atoms with Crippen LogP contribution in [-0.4, -0.2) is 0 Å². The summed E-state index contributed by atoms with van der Waals surface area (Å²) in [5.74, 6) is 0.556. The van der Waals surface area contributed by atoms with Crippen LogP contribution in [0.25, 0.3) is 22.9 Å². The first-order valence-corrected chi connectivity index (χ1v) is 6.64. The van der Waals surface area contributed by atoms with E-state index in [0.717, 1.165) is 0 Å². The van der Waals surface area contributed by atoms with Crippen molar-refractivity contribution in [2.45, 2.75) is 19.3 Å². The summed E-state index contributed by atoms with van der Waals surface area (Å²) in [5, 5.41) is 2.82. The molecule has 0 aliphatic heterocycles. The van der Waals surface area contributed by atoms with E-state index < -0.39 is 0 Å². The van der Waals surface area contributed by atoms with Gasteiger partial charge in [0, 0.05) is 5.41 Å². The molecule has 0 amide bonds. The van der Waals surface area contributed by atoms with E-state index in [0.29, 0.717) is 5.92 Å². The molecule has 2 atom stereocenters. The Balaban J connectivity index is 2.25. The molecular formula is C18H16. The third-order valence-corrected chi connectivity index (χ3v) is 4.77. The molecule has 0 heterocycles. The lowest BCUT2D eigenvalue weighted by molar-refractivity contribution is 0.462. The van der Waals surface area contributed by atoms with E-state index in [1.807, 2.05) is 0 Å². The first-order valence-electron chi connectivity index (χ1n) is 6.64. The van der Waals surface area contributed by atoms with Gasteiger partial charge in [0.15, 0.2) is 0 Å². The zero-order valence-corrected chi connectivity index (χ0v) is 10.8. The molecule has 0 unspecified atom stereocenters. The molecule has 88 valence electrons. The summed E-state index contributed by atoms with van der Waals surface area (Å²) in [6.07, 6.45) is 9.32. The van der Waals surface area contributed by atoms with Crippen molar-refractivity contribution >= 4 is 22.9 Å². The summed E-state index contributed by atoms with van der Waals surface area (Å²) in [7, 11) is 0. The predicted molar refractivity (Wildman–Crippen MR) is 78.5 cm³/mol. The Morgan fingerprint density at radius 2 is 1.89 bits per heavy atom. The molecule has 0 saturated heterocycles. The van der Waals surface area contributed by atoms with Crippen molar-refractivity contribution in [1.82, 2.24) is 0 Å². The maximum atomic E-state index is 2.39. The average Bonchev–Trinajstić information content (AvgIpc) is 2.40. The van der Waals surface area contributed by atoms with E-state index >= 15 is 0 Å². The Morgan fingerprint density at radius 1 is 1.00 bits per heavy atom. The highest BCUT2D eigenvalue weighted by Gasteiger charge is 2.36. The van der Waals surface area contributed by atoms with Gasteiger partial charge >= 0.3 is 0 Å². The quantitative estimate of drug-likeness (QED) is 0.612. The molecule has 0 saturated carbocycles. The van der Waals surface area contributed by atoms with Gasteiger partial charge in [-0.3, -0.25) is 0 Å². The van der Waals surface area contributed by atoms with E-state index in [4.69, 9.17) is 0 Å². The molecule has 0 heteroatoms. The lowest BCUT2D eigenvalue weighted by atomic mass is 9.64. The smallest absolute Gasteiger partial charge is 0.0179 e. The maximum Gasteiger partial charge on any atom is 0.0179 e. The molecular weight excluding hydrogens is 216 g/mol. The lowest BCUT2D eigenvalue weighted by Gasteiger charge is -2.39. The molecule has 0 radical (unpaired) electrons. The molecule has 0 bridgehead atoms. The molecule has 4 rings (SSSR count). The van der Waals surface area contributed by atoms with Crippen LogP contribution in [0.2, 0.25) is 0 Å². The van der Waals surface area contributed by atoms with Crippen LogP contribution in [0.4, 0.5) is 0 Å². The Labute approximate surface area is 108 Å². The van der Waals surface area contributed by atoms with Crippen LogP contribution in [0.3, 0.4) is 0 Å². The first-order chi connectivity index (χ1) is 8.70. The second-order valence-electron chi connectivity index (χ2n) is 5.74. The van der Waals surface area contributed by atoms with E-state index in [2.05, 4.69) is 68.5 Å².